The molecule has 2 aliphatic rings. The minimum absolute atomic E-state index is 0.0403. The van der Waals surface area contributed by atoms with Gasteiger partial charge in [0, 0.05) is 12.7 Å². The lowest BCUT2D eigenvalue weighted by molar-refractivity contribution is 0.0111. The van der Waals surface area contributed by atoms with Gasteiger partial charge in [0.05, 0.1) is 11.6 Å². The zero-order valence-corrected chi connectivity index (χ0v) is 22.3. The molecule has 1 aromatic heterocycles. The van der Waals surface area contributed by atoms with Crippen molar-refractivity contribution in [3.05, 3.63) is 100 Å². The largest absolute Gasteiger partial charge is 0.350 e. The number of nitriles is 1. The normalized spacial score (nSPS) is 24.6. The van der Waals surface area contributed by atoms with Gasteiger partial charge in [0.15, 0.2) is 0 Å². The number of nitrogens with zero attached hydrogens (tertiary/aromatic N) is 2. The lowest BCUT2D eigenvalue weighted by Gasteiger charge is -2.57. The molecule has 3 atom stereocenters. The van der Waals surface area contributed by atoms with Crippen molar-refractivity contribution < 1.29 is 4.79 Å². The van der Waals surface area contributed by atoms with E-state index in [4.69, 9.17) is 0 Å². The lowest BCUT2D eigenvalue weighted by Crippen LogP contribution is -2.55. The molecule has 4 heteroatoms. The summed E-state index contributed by atoms with van der Waals surface area (Å²) in [7, 11) is 0. The highest BCUT2D eigenvalue weighted by Gasteiger charge is 2.54. The number of hydrogen-bond acceptors (Lipinski definition) is 3. The molecule has 0 saturated heterocycles. The van der Waals surface area contributed by atoms with Crippen molar-refractivity contribution in [3.63, 3.8) is 0 Å². The molecule has 1 amide bonds. The Morgan fingerprint density at radius 3 is 2.70 bits per heavy atom. The van der Waals surface area contributed by atoms with Crippen molar-refractivity contribution >= 4 is 5.91 Å². The van der Waals surface area contributed by atoms with Crippen molar-refractivity contribution in [1.82, 2.24) is 10.3 Å². The third-order valence-electron chi connectivity index (χ3n) is 9.17. The van der Waals surface area contributed by atoms with Crippen LogP contribution in [0.4, 0.5) is 0 Å². The van der Waals surface area contributed by atoms with Crippen molar-refractivity contribution in [1.29, 1.82) is 5.26 Å². The molecule has 1 fully saturated rings. The van der Waals surface area contributed by atoms with Gasteiger partial charge < -0.3 is 5.32 Å². The first-order valence-corrected chi connectivity index (χ1v) is 13.7. The van der Waals surface area contributed by atoms with Crippen LogP contribution in [-0.4, -0.2) is 17.4 Å². The van der Waals surface area contributed by atoms with E-state index in [0.29, 0.717) is 24.1 Å². The van der Waals surface area contributed by atoms with E-state index in [1.807, 2.05) is 30.3 Å². The van der Waals surface area contributed by atoms with Gasteiger partial charge >= 0.3 is 0 Å². The van der Waals surface area contributed by atoms with Crippen LogP contribution in [0.15, 0.2) is 66.9 Å². The van der Waals surface area contributed by atoms with Crippen LogP contribution in [0.2, 0.25) is 0 Å². The Hall–Kier alpha value is -3.45. The minimum Gasteiger partial charge on any atom is -0.350 e. The predicted molar refractivity (Wildman–Crippen MR) is 147 cm³/mol. The molecular weight excluding hydrogens is 454 g/mol. The molecule has 190 valence electrons. The van der Waals surface area contributed by atoms with Crippen molar-refractivity contribution in [2.75, 3.05) is 6.54 Å². The maximum Gasteiger partial charge on any atom is 0.269 e. The average molecular weight is 492 g/mol. The average Bonchev–Trinajstić information content (AvgIpc) is 2.92. The first-order chi connectivity index (χ1) is 17.9. The smallest absolute Gasteiger partial charge is 0.269 e. The maximum absolute atomic E-state index is 13.1. The summed E-state index contributed by atoms with van der Waals surface area (Å²) in [6.45, 7) is 7.56. The van der Waals surface area contributed by atoms with Gasteiger partial charge in [0.1, 0.15) is 5.69 Å². The Bertz CT molecular complexity index is 1320. The summed E-state index contributed by atoms with van der Waals surface area (Å²) in [5, 5.41) is 13.1. The molecule has 0 unspecified atom stereocenters. The van der Waals surface area contributed by atoms with Crippen molar-refractivity contribution in [3.8, 4) is 6.07 Å². The maximum atomic E-state index is 13.1. The second-order valence-electron chi connectivity index (χ2n) is 11.6. The first-order valence-electron chi connectivity index (χ1n) is 13.7. The van der Waals surface area contributed by atoms with Gasteiger partial charge in [-0.15, -0.1) is 0 Å². The van der Waals surface area contributed by atoms with Gasteiger partial charge in [0.2, 0.25) is 0 Å². The molecule has 1 saturated carbocycles. The molecule has 4 nitrogen and oxygen atoms in total. The van der Waals surface area contributed by atoms with Crippen LogP contribution in [0.5, 0.6) is 0 Å². The van der Waals surface area contributed by atoms with E-state index in [1.165, 1.54) is 16.7 Å². The number of hydrogen-bond donors (Lipinski definition) is 1. The second-order valence-corrected chi connectivity index (χ2v) is 11.6. The standard InChI is InChI=1S/C33H37N3O/c1-23(2)24-12-14-28-25(19-24)13-15-30-32(28,3)16-8-17-33(30,20-26-9-4-5-10-27(26)21-34)22-36-31(37)29-11-6-7-18-35-29/h4-7,9-12,14,18-19,23,30H,8,13,15-17,20,22H2,1-3H3,(H,36,37)/t30-,32-,33-/m1/s1. The second kappa shape index (κ2) is 10.1. The molecule has 2 aliphatic carbocycles. The van der Waals surface area contributed by atoms with Crippen LogP contribution < -0.4 is 5.32 Å². The number of carbonyl (C=O) groups excluding carboxylic acids is 1. The van der Waals surface area contributed by atoms with Crippen LogP contribution in [0.3, 0.4) is 0 Å². The number of carbonyl (C=O) groups is 1. The lowest BCUT2D eigenvalue weighted by atomic mass is 9.48. The molecular formula is C33H37N3O. The van der Waals surface area contributed by atoms with E-state index in [2.05, 4.69) is 61.4 Å². The minimum atomic E-state index is -0.140. The van der Waals surface area contributed by atoms with Crippen LogP contribution in [0.25, 0.3) is 0 Å². The zero-order valence-electron chi connectivity index (χ0n) is 22.3. The van der Waals surface area contributed by atoms with Crippen LogP contribution >= 0.6 is 0 Å². The van der Waals surface area contributed by atoms with Crippen LogP contribution in [0, 0.1) is 22.7 Å². The van der Waals surface area contributed by atoms with E-state index in [0.717, 1.165) is 49.7 Å². The molecule has 0 radical (unpaired) electrons. The zero-order chi connectivity index (χ0) is 26.0. The number of aromatic nitrogens is 1. The van der Waals surface area contributed by atoms with Crippen molar-refractivity contribution in [2.45, 2.75) is 70.6 Å². The van der Waals surface area contributed by atoms with E-state index in [1.54, 1.807) is 12.3 Å². The number of benzene rings is 2. The van der Waals surface area contributed by atoms with Gasteiger partial charge in [-0.3, -0.25) is 9.78 Å². The van der Waals surface area contributed by atoms with E-state index >= 15 is 0 Å². The Labute approximate surface area is 221 Å². The molecule has 5 rings (SSSR count). The molecule has 3 aromatic rings. The number of amides is 1. The van der Waals surface area contributed by atoms with Crippen molar-refractivity contribution in [2.24, 2.45) is 11.3 Å². The molecule has 2 aromatic carbocycles. The fourth-order valence-electron chi connectivity index (χ4n) is 7.31. The fraction of sp³-hybridized carbons (Fsp3) is 0.424. The number of fused-ring (bicyclic) bond motifs is 3. The summed E-state index contributed by atoms with van der Waals surface area (Å²) in [5.41, 5.74) is 6.57. The Balaban J connectivity index is 1.54. The molecule has 37 heavy (non-hydrogen) atoms. The van der Waals surface area contributed by atoms with E-state index in [9.17, 15) is 10.1 Å². The number of nitrogens with one attached hydrogen (secondary N) is 1. The van der Waals surface area contributed by atoms with Gasteiger partial charge in [-0.25, -0.2) is 0 Å². The summed E-state index contributed by atoms with van der Waals surface area (Å²) in [4.78, 5) is 17.4. The Morgan fingerprint density at radius 2 is 1.95 bits per heavy atom. The van der Waals surface area contributed by atoms with Crippen LogP contribution in [0.1, 0.15) is 90.7 Å². The van der Waals surface area contributed by atoms with Gasteiger partial charge in [-0.2, -0.15) is 5.26 Å². The van der Waals surface area contributed by atoms with Gasteiger partial charge in [-0.05, 0) is 95.2 Å². The summed E-state index contributed by atoms with van der Waals surface area (Å²) in [6, 6.07) is 23.0. The highest BCUT2D eigenvalue weighted by atomic mass is 16.1. The number of pyridine rings is 1. The quantitative estimate of drug-likeness (QED) is 0.415. The highest BCUT2D eigenvalue weighted by Crippen LogP contribution is 2.58. The topological polar surface area (TPSA) is 65.8 Å². The summed E-state index contributed by atoms with van der Waals surface area (Å²) < 4.78 is 0. The van der Waals surface area contributed by atoms with E-state index < -0.39 is 0 Å². The molecule has 0 bridgehead atoms. The summed E-state index contributed by atoms with van der Waals surface area (Å²) in [5.74, 6) is 0.797. The Kier molecular flexibility index (Phi) is 6.90. The van der Waals surface area contributed by atoms with Crippen LogP contribution in [-0.2, 0) is 18.3 Å². The Morgan fingerprint density at radius 1 is 1.14 bits per heavy atom. The SMILES string of the molecule is CC(C)c1ccc2c(c1)CC[C@H]1[C@@](CNC(=O)c3ccccn3)(Cc3ccccc3C#N)CCC[C@]21C. The third-order valence-corrected chi connectivity index (χ3v) is 9.17. The third kappa shape index (κ3) is 4.68. The highest BCUT2D eigenvalue weighted by molar-refractivity contribution is 5.92. The number of aryl methyl sites for hydroxylation is 1. The summed E-state index contributed by atoms with van der Waals surface area (Å²) in [6.07, 6.45) is 7.90. The fourth-order valence-corrected chi connectivity index (χ4v) is 7.31. The molecule has 1 N–H and O–H groups in total. The molecule has 0 aliphatic heterocycles. The van der Waals surface area contributed by atoms with Gasteiger partial charge in [-0.1, -0.05) is 69.7 Å². The monoisotopic (exact) mass is 491 g/mol. The van der Waals surface area contributed by atoms with Gasteiger partial charge in [0.25, 0.3) is 5.91 Å². The predicted octanol–water partition coefficient (Wildman–Crippen LogP) is 6.74. The summed E-state index contributed by atoms with van der Waals surface area (Å²) >= 11 is 0. The molecule has 1 heterocycles. The molecule has 0 spiro atoms. The number of rotatable bonds is 6. The first kappa shape index (κ1) is 25.2. The van der Waals surface area contributed by atoms with E-state index in [-0.39, 0.29) is 16.7 Å².